The lowest BCUT2D eigenvalue weighted by Crippen LogP contribution is -2.48. The van der Waals surface area contributed by atoms with Crippen LogP contribution in [0.5, 0.6) is 0 Å². The standard InChI is InChI=1S/C23H34N6O.HI/c1-19-6-8-28(17-22(19)29-9-7-25-18-29)23(24-2)26-15-20-4-3-5-21(14-20)16-27-10-12-30-13-11-27;/h3-5,7,9,14,18-19,22H,6,8,10-13,15-17H2,1-2H3,(H,24,26);1H. The molecule has 2 fully saturated rings. The molecule has 0 radical (unpaired) electrons. The fourth-order valence-corrected chi connectivity index (χ4v) is 4.46. The number of halogens is 1. The van der Waals surface area contributed by atoms with Crippen LogP contribution in [0.2, 0.25) is 0 Å². The Bertz CT molecular complexity index is 821. The predicted octanol–water partition coefficient (Wildman–Crippen LogP) is 2.99. The lowest BCUT2D eigenvalue weighted by atomic mass is 9.93. The summed E-state index contributed by atoms with van der Waals surface area (Å²) in [4.78, 5) is 13.6. The maximum Gasteiger partial charge on any atom is 0.193 e. The summed E-state index contributed by atoms with van der Waals surface area (Å²) in [5, 5.41) is 3.58. The molecule has 170 valence electrons. The first-order valence-electron chi connectivity index (χ1n) is 11.0. The SMILES string of the molecule is CN=C(NCc1cccc(CN2CCOCC2)c1)N1CCC(C)C(n2ccnc2)C1.I. The van der Waals surface area contributed by atoms with Crippen molar-refractivity contribution in [1.29, 1.82) is 0 Å². The van der Waals surface area contributed by atoms with Crippen LogP contribution in [0.3, 0.4) is 0 Å². The lowest BCUT2D eigenvalue weighted by molar-refractivity contribution is 0.0342. The van der Waals surface area contributed by atoms with Gasteiger partial charge >= 0.3 is 0 Å². The minimum Gasteiger partial charge on any atom is -0.379 e. The van der Waals surface area contributed by atoms with E-state index in [1.54, 1.807) is 0 Å². The number of aliphatic imine (C=N–C) groups is 1. The van der Waals surface area contributed by atoms with E-state index in [2.05, 4.69) is 67.0 Å². The molecular weight excluding hydrogens is 503 g/mol. The molecule has 3 heterocycles. The van der Waals surface area contributed by atoms with Crippen molar-refractivity contribution < 1.29 is 4.74 Å². The highest BCUT2D eigenvalue weighted by Gasteiger charge is 2.28. The first-order valence-corrected chi connectivity index (χ1v) is 11.0. The third-order valence-electron chi connectivity index (χ3n) is 6.29. The van der Waals surface area contributed by atoms with E-state index in [9.17, 15) is 0 Å². The zero-order valence-electron chi connectivity index (χ0n) is 18.6. The smallest absolute Gasteiger partial charge is 0.193 e. The predicted molar refractivity (Wildman–Crippen MR) is 135 cm³/mol. The van der Waals surface area contributed by atoms with Gasteiger partial charge in [-0.1, -0.05) is 31.2 Å². The summed E-state index contributed by atoms with van der Waals surface area (Å²) in [5.74, 6) is 1.61. The molecule has 2 unspecified atom stereocenters. The number of benzene rings is 1. The van der Waals surface area contributed by atoms with Gasteiger partial charge in [-0.25, -0.2) is 4.98 Å². The molecule has 31 heavy (non-hydrogen) atoms. The number of nitrogens with zero attached hydrogens (tertiary/aromatic N) is 5. The Labute approximate surface area is 202 Å². The average molecular weight is 538 g/mol. The van der Waals surface area contributed by atoms with Gasteiger partial charge in [-0.05, 0) is 23.5 Å². The van der Waals surface area contributed by atoms with E-state index in [4.69, 9.17) is 4.74 Å². The molecule has 2 aliphatic heterocycles. The van der Waals surface area contributed by atoms with E-state index < -0.39 is 0 Å². The first kappa shape index (κ1) is 24.0. The van der Waals surface area contributed by atoms with Gasteiger partial charge in [0.15, 0.2) is 5.96 Å². The van der Waals surface area contributed by atoms with E-state index >= 15 is 0 Å². The number of aromatic nitrogens is 2. The molecule has 0 spiro atoms. The molecule has 2 aromatic rings. The van der Waals surface area contributed by atoms with Gasteiger partial charge in [-0.15, -0.1) is 24.0 Å². The molecule has 8 heteroatoms. The average Bonchev–Trinajstić information content (AvgIpc) is 3.31. The molecule has 2 aliphatic rings. The number of ether oxygens (including phenoxy) is 1. The summed E-state index contributed by atoms with van der Waals surface area (Å²) in [6.45, 7) is 9.79. The molecule has 1 aromatic carbocycles. The molecule has 0 amide bonds. The van der Waals surface area contributed by atoms with Gasteiger partial charge in [0, 0.05) is 58.7 Å². The first-order chi connectivity index (χ1) is 14.7. The van der Waals surface area contributed by atoms with Gasteiger partial charge in [0.2, 0.25) is 0 Å². The zero-order chi connectivity index (χ0) is 20.8. The second kappa shape index (κ2) is 11.8. The zero-order valence-corrected chi connectivity index (χ0v) is 20.9. The second-order valence-corrected chi connectivity index (χ2v) is 8.40. The van der Waals surface area contributed by atoms with Crippen molar-refractivity contribution in [2.45, 2.75) is 32.5 Å². The molecule has 0 aliphatic carbocycles. The van der Waals surface area contributed by atoms with Crippen LogP contribution in [0.25, 0.3) is 0 Å². The van der Waals surface area contributed by atoms with Crippen molar-refractivity contribution in [3.8, 4) is 0 Å². The lowest BCUT2D eigenvalue weighted by Gasteiger charge is -2.39. The fraction of sp³-hybridized carbons (Fsp3) is 0.565. The van der Waals surface area contributed by atoms with Crippen LogP contribution in [-0.2, 0) is 17.8 Å². The summed E-state index contributed by atoms with van der Waals surface area (Å²) in [7, 11) is 1.88. The Balaban J connectivity index is 0.00000272. The van der Waals surface area contributed by atoms with Crippen molar-refractivity contribution in [2.24, 2.45) is 10.9 Å². The van der Waals surface area contributed by atoms with Crippen LogP contribution in [0.4, 0.5) is 0 Å². The Morgan fingerprint density at radius 2 is 2.03 bits per heavy atom. The number of nitrogens with one attached hydrogen (secondary N) is 1. The van der Waals surface area contributed by atoms with Crippen molar-refractivity contribution in [1.82, 2.24) is 24.7 Å². The maximum atomic E-state index is 5.46. The summed E-state index contributed by atoms with van der Waals surface area (Å²) in [5.41, 5.74) is 2.65. The summed E-state index contributed by atoms with van der Waals surface area (Å²) >= 11 is 0. The van der Waals surface area contributed by atoms with Gasteiger partial charge in [-0.2, -0.15) is 0 Å². The van der Waals surface area contributed by atoms with Crippen molar-refractivity contribution in [3.05, 3.63) is 54.1 Å². The van der Waals surface area contributed by atoms with Gasteiger partial charge in [0.05, 0.1) is 25.6 Å². The highest BCUT2D eigenvalue weighted by molar-refractivity contribution is 14.0. The van der Waals surface area contributed by atoms with Crippen LogP contribution in [0.15, 0.2) is 48.0 Å². The molecule has 1 N–H and O–H groups in total. The van der Waals surface area contributed by atoms with Gasteiger partial charge in [0.25, 0.3) is 0 Å². The third kappa shape index (κ3) is 6.43. The fourth-order valence-electron chi connectivity index (χ4n) is 4.46. The van der Waals surface area contributed by atoms with E-state index in [0.717, 1.165) is 64.9 Å². The molecule has 2 atom stereocenters. The van der Waals surface area contributed by atoms with Gasteiger partial charge < -0.3 is 19.5 Å². The minimum atomic E-state index is 0. The topological polar surface area (TPSA) is 57.9 Å². The Kier molecular flexibility index (Phi) is 9.15. The second-order valence-electron chi connectivity index (χ2n) is 8.40. The van der Waals surface area contributed by atoms with E-state index in [-0.39, 0.29) is 24.0 Å². The van der Waals surface area contributed by atoms with E-state index in [1.165, 1.54) is 11.1 Å². The molecule has 0 bridgehead atoms. The highest BCUT2D eigenvalue weighted by Crippen LogP contribution is 2.27. The Morgan fingerprint density at radius 3 is 2.77 bits per heavy atom. The highest BCUT2D eigenvalue weighted by atomic mass is 127. The van der Waals surface area contributed by atoms with Crippen LogP contribution in [-0.4, -0.2) is 71.8 Å². The number of likely N-dealkylation sites (tertiary alicyclic amines) is 1. The molecule has 7 nitrogen and oxygen atoms in total. The number of guanidine groups is 1. The number of hydrogen-bond acceptors (Lipinski definition) is 4. The number of hydrogen-bond donors (Lipinski definition) is 1. The van der Waals surface area contributed by atoms with Crippen LogP contribution in [0.1, 0.15) is 30.5 Å². The number of morpholine rings is 1. The van der Waals surface area contributed by atoms with Crippen molar-refractivity contribution >= 4 is 29.9 Å². The summed E-state index contributed by atoms with van der Waals surface area (Å²) in [6, 6.07) is 9.30. The maximum absolute atomic E-state index is 5.46. The van der Waals surface area contributed by atoms with E-state index in [0.29, 0.717) is 12.0 Å². The number of piperidine rings is 1. The molecule has 4 rings (SSSR count). The monoisotopic (exact) mass is 538 g/mol. The molecular formula is C23H35IN6O. The van der Waals surface area contributed by atoms with Crippen LogP contribution < -0.4 is 5.32 Å². The van der Waals surface area contributed by atoms with Crippen LogP contribution in [0, 0.1) is 5.92 Å². The van der Waals surface area contributed by atoms with Crippen molar-refractivity contribution in [3.63, 3.8) is 0 Å². The quantitative estimate of drug-likeness (QED) is 0.361. The Hall–Kier alpha value is -1.65. The number of imidazole rings is 1. The van der Waals surface area contributed by atoms with Gasteiger partial charge in [0.1, 0.15) is 0 Å². The Morgan fingerprint density at radius 1 is 1.23 bits per heavy atom. The minimum absolute atomic E-state index is 0. The number of rotatable bonds is 5. The largest absolute Gasteiger partial charge is 0.379 e. The third-order valence-corrected chi connectivity index (χ3v) is 6.29. The van der Waals surface area contributed by atoms with Gasteiger partial charge in [-0.3, -0.25) is 9.89 Å². The van der Waals surface area contributed by atoms with E-state index in [1.807, 2.05) is 19.6 Å². The van der Waals surface area contributed by atoms with Crippen LogP contribution >= 0.6 is 24.0 Å². The molecule has 1 aromatic heterocycles. The summed E-state index contributed by atoms with van der Waals surface area (Å²) < 4.78 is 7.69. The molecule has 0 saturated carbocycles. The molecule has 2 saturated heterocycles. The van der Waals surface area contributed by atoms with Crippen molar-refractivity contribution in [2.75, 3.05) is 46.4 Å². The normalized spacial score (nSPS) is 22.8. The summed E-state index contributed by atoms with van der Waals surface area (Å²) in [6.07, 6.45) is 7.02.